The van der Waals surface area contributed by atoms with Crippen molar-refractivity contribution in [1.82, 2.24) is 0 Å². The van der Waals surface area contributed by atoms with Gasteiger partial charge in [-0.3, -0.25) is 0 Å². The molecular weight excluding hydrogens is 216 g/mol. The Hall–Kier alpha value is -0.640. The van der Waals surface area contributed by atoms with Crippen LogP contribution >= 0.6 is 0 Å². The van der Waals surface area contributed by atoms with E-state index in [0.717, 1.165) is 12.8 Å². The van der Waals surface area contributed by atoms with Gasteiger partial charge in [-0.05, 0) is 33.6 Å². The highest BCUT2D eigenvalue weighted by atomic mass is 16.7. The number of aliphatic hydroxyl groups is 1. The van der Waals surface area contributed by atoms with Crippen molar-refractivity contribution in [3.05, 3.63) is 23.3 Å². The number of ether oxygens (including phenoxy) is 2. The van der Waals surface area contributed by atoms with E-state index in [1.165, 1.54) is 11.1 Å². The zero-order valence-corrected chi connectivity index (χ0v) is 10.9. The lowest BCUT2D eigenvalue weighted by Crippen LogP contribution is -2.29. The van der Waals surface area contributed by atoms with Crippen molar-refractivity contribution in [3.63, 3.8) is 0 Å². The van der Waals surface area contributed by atoms with Crippen molar-refractivity contribution in [2.75, 3.05) is 13.2 Å². The predicted molar refractivity (Wildman–Crippen MR) is 66.6 cm³/mol. The molecule has 1 N–H and O–H groups in total. The zero-order chi connectivity index (χ0) is 12.5. The van der Waals surface area contributed by atoms with Crippen LogP contribution in [0.2, 0.25) is 0 Å². The second kappa shape index (κ2) is 4.92. The van der Waals surface area contributed by atoms with Gasteiger partial charge in [0.2, 0.25) is 0 Å². The molecule has 2 atom stereocenters. The molecule has 2 aliphatic rings. The van der Waals surface area contributed by atoms with Crippen LogP contribution in [0.3, 0.4) is 0 Å². The highest BCUT2D eigenvalue weighted by Gasteiger charge is 2.39. The van der Waals surface area contributed by atoms with Gasteiger partial charge >= 0.3 is 0 Å². The molecule has 3 heteroatoms. The van der Waals surface area contributed by atoms with Crippen LogP contribution in [0.15, 0.2) is 23.3 Å². The molecular formula is C14H22O3. The first-order chi connectivity index (χ1) is 8.02. The van der Waals surface area contributed by atoms with Gasteiger partial charge in [0.15, 0.2) is 5.79 Å². The van der Waals surface area contributed by atoms with Gasteiger partial charge in [-0.25, -0.2) is 0 Å². The molecule has 0 spiro atoms. The summed E-state index contributed by atoms with van der Waals surface area (Å²) in [7, 11) is 0. The molecule has 96 valence electrons. The number of allylic oxidation sites excluding steroid dienone is 2. The minimum absolute atomic E-state index is 0.107. The fourth-order valence-corrected chi connectivity index (χ4v) is 2.64. The second-order valence-electron chi connectivity index (χ2n) is 5.39. The number of aliphatic hydroxyl groups excluding tert-OH is 1. The molecule has 0 aromatic heterocycles. The maximum absolute atomic E-state index is 9.08. The van der Waals surface area contributed by atoms with Gasteiger partial charge in [0.05, 0.1) is 19.3 Å². The quantitative estimate of drug-likeness (QED) is 0.751. The zero-order valence-electron chi connectivity index (χ0n) is 10.9. The van der Waals surface area contributed by atoms with Crippen molar-refractivity contribution < 1.29 is 14.6 Å². The third-order valence-electron chi connectivity index (χ3n) is 3.54. The average molecular weight is 238 g/mol. The molecule has 3 nitrogen and oxygen atoms in total. The average Bonchev–Trinajstić information content (AvgIpc) is 2.62. The van der Waals surface area contributed by atoms with Crippen molar-refractivity contribution in [3.8, 4) is 0 Å². The summed E-state index contributed by atoms with van der Waals surface area (Å²) in [6.07, 6.45) is 6.21. The van der Waals surface area contributed by atoms with Crippen LogP contribution in [0.1, 0.15) is 33.6 Å². The fraction of sp³-hybridized carbons (Fsp3) is 0.714. The Morgan fingerprint density at radius 2 is 2.29 bits per heavy atom. The summed E-state index contributed by atoms with van der Waals surface area (Å²) in [4.78, 5) is 0. The lowest BCUT2D eigenvalue weighted by atomic mass is 9.81. The van der Waals surface area contributed by atoms with E-state index < -0.39 is 5.79 Å². The van der Waals surface area contributed by atoms with E-state index in [0.29, 0.717) is 12.5 Å². The van der Waals surface area contributed by atoms with E-state index in [1.807, 2.05) is 19.9 Å². The summed E-state index contributed by atoms with van der Waals surface area (Å²) < 4.78 is 11.6. The largest absolute Gasteiger partial charge is 0.392 e. The molecule has 1 unspecified atom stereocenters. The lowest BCUT2D eigenvalue weighted by Gasteiger charge is -2.29. The van der Waals surface area contributed by atoms with Crippen LogP contribution < -0.4 is 0 Å². The molecule has 0 aromatic rings. The molecule has 1 saturated heterocycles. The number of hydrogen-bond donors (Lipinski definition) is 1. The highest BCUT2D eigenvalue weighted by Crippen LogP contribution is 2.37. The van der Waals surface area contributed by atoms with E-state index >= 15 is 0 Å². The van der Waals surface area contributed by atoms with Crippen molar-refractivity contribution in [2.24, 2.45) is 5.92 Å². The van der Waals surface area contributed by atoms with Gasteiger partial charge < -0.3 is 14.6 Å². The summed E-state index contributed by atoms with van der Waals surface area (Å²) in [5.41, 5.74) is 2.68. The molecule has 0 aromatic carbocycles. The molecule has 2 rings (SSSR count). The first kappa shape index (κ1) is 12.8. The van der Waals surface area contributed by atoms with E-state index in [9.17, 15) is 0 Å². The summed E-state index contributed by atoms with van der Waals surface area (Å²) in [5.74, 6) is -0.113. The molecule has 1 aliphatic heterocycles. The lowest BCUT2D eigenvalue weighted by molar-refractivity contribution is -0.142. The molecule has 0 bridgehead atoms. The van der Waals surface area contributed by atoms with Gasteiger partial charge in [0, 0.05) is 5.92 Å². The maximum atomic E-state index is 9.08. The Balaban J connectivity index is 2.12. The second-order valence-corrected chi connectivity index (χ2v) is 5.39. The minimum Gasteiger partial charge on any atom is -0.392 e. The normalized spacial score (nSPS) is 35.1. The Kier molecular flexibility index (Phi) is 3.71. The first-order valence-electron chi connectivity index (χ1n) is 6.29. The molecule has 0 radical (unpaired) electrons. The maximum Gasteiger partial charge on any atom is 0.163 e. The number of hydrogen-bond acceptors (Lipinski definition) is 3. The van der Waals surface area contributed by atoms with E-state index in [-0.39, 0.29) is 12.7 Å². The Morgan fingerprint density at radius 3 is 2.88 bits per heavy atom. The summed E-state index contributed by atoms with van der Waals surface area (Å²) in [5, 5.41) is 9.08. The first-order valence-corrected chi connectivity index (χ1v) is 6.29. The monoisotopic (exact) mass is 238 g/mol. The minimum atomic E-state index is -0.468. The molecule has 0 saturated carbocycles. The van der Waals surface area contributed by atoms with Gasteiger partial charge in [-0.15, -0.1) is 0 Å². The van der Waals surface area contributed by atoms with Crippen LogP contribution in [0.4, 0.5) is 0 Å². The Labute approximate surface area is 103 Å². The topological polar surface area (TPSA) is 38.7 Å². The fourth-order valence-electron chi connectivity index (χ4n) is 2.64. The molecule has 1 fully saturated rings. The van der Waals surface area contributed by atoms with Crippen LogP contribution in [0.5, 0.6) is 0 Å². The molecule has 1 heterocycles. The highest BCUT2D eigenvalue weighted by molar-refractivity contribution is 5.23. The van der Waals surface area contributed by atoms with Gasteiger partial charge in [0.1, 0.15) is 0 Å². The SMILES string of the molecule is CC1=CC/C(=C/CO)C([C@H]2COC(C)(C)O2)C1. The Morgan fingerprint density at radius 1 is 1.53 bits per heavy atom. The number of rotatable bonds is 2. The summed E-state index contributed by atoms with van der Waals surface area (Å²) in [6.45, 7) is 6.81. The molecule has 0 amide bonds. The molecule has 17 heavy (non-hydrogen) atoms. The van der Waals surface area contributed by atoms with Gasteiger partial charge in [-0.1, -0.05) is 23.3 Å². The Bertz CT molecular complexity index is 341. The van der Waals surface area contributed by atoms with Gasteiger partial charge in [0.25, 0.3) is 0 Å². The van der Waals surface area contributed by atoms with E-state index in [4.69, 9.17) is 14.6 Å². The van der Waals surface area contributed by atoms with E-state index in [2.05, 4.69) is 13.0 Å². The van der Waals surface area contributed by atoms with Crippen LogP contribution in [0.25, 0.3) is 0 Å². The third kappa shape index (κ3) is 2.97. The standard InChI is InChI=1S/C14H22O3/c1-10-4-5-11(6-7-15)12(8-10)13-9-16-14(2,3)17-13/h4,6,12-13,15H,5,7-9H2,1-3H3/b11-6-/t12?,13-/m1/s1. The predicted octanol–water partition coefficient (Wildman–Crippen LogP) is 2.41. The molecule has 1 aliphatic carbocycles. The summed E-state index contributed by atoms with van der Waals surface area (Å²) >= 11 is 0. The smallest absolute Gasteiger partial charge is 0.163 e. The van der Waals surface area contributed by atoms with Crippen molar-refractivity contribution in [2.45, 2.75) is 45.5 Å². The van der Waals surface area contributed by atoms with Crippen molar-refractivity contribution >= 4 is 0 Å². The third-order valence-corrected chi connectivity index (χ3v) is 3.54. The summed E-state index contributed by atoms with van der Waals surface area (Å²) in [6, 6.07) is 0. The van der Waals surface area contributed by atoms with Crippen molar-refractivity contribution in [1.29, 1.82) is 0 Å². The van der Waals surface area contributed by atoms with Crippen LogP contribution in [-0.4, -0.2) is 30.2 Å². The van der Waals surface area contributed by atoms with Gasteiger partial charge in [-0.2, -0.15) is 0 Å². The van der Waals surface area contributed by atoms with E-state index in [1.54, 1.807) is 0 Å². The van der Waals surface area contributed by atoms with Crippen LogP contribution in [-0.2, 0) is 9.47 Å². The van der Waals surface area contributed by atoms with Crippen LogP contribution in [0, 0.1) is 5.92 Å².